The van der Waals surface area contributed by atoms with Crippen molar-refractivity contribution >= 4 is 31.6 Å². The Bertz CT molecular complexity index is 748. The SMILES string of the molecule is Nc1ccc(Br)cc1S(=O)(=O)NCc1cccc(CO)c1. The molecule has 0 aromatic heterocycles. The minimum Gasteiger partial charge on any atom is -0.398 e. The van der Waals surface area contributed by atoms with Crippen molar-refractivity contribution in [3.63, 3.8) is 0 Å². The number of hydrogen-bond acceptors (Lipinski definition) is 4. The van der Waals surface area contributed by atoms with Gasteiger partial charge in [-0.2, -0.15) is 0 Å². The number of hydrogen-bond donors (Lipinski definition) is 3. The van der Waals surface area contributed by atoms with E-state index in [0.29, 0.717) is 4.47 Å². The second-order valence-corrected chi connectivity index (χ2v) is 7.14. The van der Waals surface area contributed by atoms with E-state index in [4.69, 9.17) is 10.8 Å². The fourth-order valence-corrected chi connectivity index (χ4v) is 3.52. The number of anilines is 1. The van der Waals surface area contributed by atoms with E-state index in [1.54, 1.807) is 30.3 Å². The van der Waals surface area contributed by atoms with Crippen LogP contribution in [0.3, 0.4) is 0 Å². The number of benzene rings is 2. The number of sulfonamides is 1. The van der Waals surface area contributed by atoms with Gasteiger partial charge in [0.15, 0.2) is 0 Å². The minimum atomic E-state index is -3.70. The first-order valence-corrected chi connectivity index (χ1v) is 8.43. The first-order chi connectivity index (χ1) is 9.92. The maximum absolute atomic E-state index is 12.3. The molecule has 0 fully saturated rings. The van der Waals surface area contributed by atoms with Crippen molar-refractivity contribution in [2.75, 3.05) is 5.73 Å². The monoisotopic (exact) mass is 370 g/mol. The third-order valence-corrected chi connectivity index (χ3v) is 4.86. The first-order valence-electron chi connectivity index (χ1n) is 6.16. The summed E-state index contributed by atoms with van der Waals surface area (Å²) in [5.41, 5.74) is 7.40. The van der Waals surface area contributed by atoms with Crippen molar-refractivity contribution in [1.29, 1.82) is 0 Å². The number of halogens is 1. The number of aliphatic hydroxyl groups is 1. The van der Waals surface area contributed by atoms with Gasteiger partial charge < -0.3 is 10.8 Å². The second kappa shape index (κ2) is 6.57. The average molecular weight is 371 g/mol. The number of aliphatic hydroxyl groups excluding tert-OH is 1. The maximum Gasteiger partial charge on any atom is 0.242 e. The second-order valence-electron chi connectivity index (χ2n) is 4.48. The van der Waals surface area contributed by atoms with Gasteiger partial charge in [-0.05, 0) is 29.3 Å². The van der Waals surface area contributed by atoms with Crippen LogP contribution in [0.1, 0.15) is 11.1 Å². The quantitative estimate of drug-likeness (QED) is 0.701. The maximum atomic E-state index is 12.3. The fourth-order valence-electron chi connectivity index (χ4n) is 1.83. The van der Waals surface area contributed by atoms with Crippen molar-refractivity contribution < 1.29 is 13.5 Å². The van der Waals surface area contributed by atoms with Gasteiger partial charge in [-0.1, -0.05) is 40.2 Å². The lowest BCUT2D eigenvalue weighted by Gasteiger charge is -2.10. The molecule has 2 rings (SSSR count). The van der Waals surface area contributed by atoms with Gasteiger partial charge in [0.2, 0.25) is 10.0 Å². The molecule has 0 unspecified atom stereocenters. The summed E-state index contributed by atoms with van der Waals surface area (Å²) in [7, 11) is -3.70. The van der Waals surface area contributed by atoms with E-state index in [1.807, 2.05) is 0 Å². The summed E-state index contributed by atoms with van der Waals surface area (Å²) >= 11 is 3.23. The van der Waals surface area contributed by atoms with Crippen LogP contribution in [-0.2, 0) is 23.2 Å². The number of nitrogens with two attached hydrogens (primary N) is 1. The first kappa shape index (κ1) is 16.0. The highest BCUT2D eigenvalue weighted by molar-refractivity contribution is 9.10. The van der Waals surface area contributed by atoms with Crippen molar-refractivity contribution in [1.82, 2.24) is 4.72 Å². The summed E-state index contributed by atoms with van der Waals surface area (Å²) in [5.74, 6) is 0. The summed E-state index contributed by atoms with van der Waals surface area (Å²) in [6.45, 7) is 0.0430. The van der Waals surface area contributed by atoms with Crippen LogP contribution in [-0.4, -0.2) is 13.5 Å². The molecule has 0 radical (unpaired) electrons. The van der Waals surface area contributed by atoms with Crippen LogP contribution in [0.25, 0.3) is 0 Å². The molecule has 2 aromatic rings. The molecule has 0 aliphatic rings. The van der Waals surface area contributed by atoms with E-state index in [-0.39, 0.29) is 23.7 Å². The van der Waals surface area contributed by atoms with Crippen molar-refractivity contribution in [3.05, 3.63) is 58.1 Å². The molecule has 0 heterocycles. The molecule has 0 saturated heterocycles. The lowest BCUT2D eigenvalue weighted by molar-refractivity contribution is 0.281. The van der Waals surface area contributed by atoms with E-state index in [0.717, 1.165) is 11.1 Å². The van der Waals surface area contributed by atoms with Crippen molar-refractivity contribution in [3.8, 4) is 0 Å². The van der Waals surface area contributed by atoms with E-state index in [9.17, 15) is 8.42 Å². The zero-order valence-electron chi connectivity index (χ0n) is 11.1. The van der Waals surface area contributed by atoms with Gasteiger partial charge in [0.1, 0.15) is 4.90 Å². The largest absolute Gasteiger partial charge is 0.398 e. The Morgan fingerprint density at radius 1 is 1.14 bits per heavy atom. The minimum absolute atomic E-state index is 0.0372. The molecule has 0 aliphatic heterocycles. The zero-order chi connectivity index (χ0) is 15.5. The molecule has 0 bridgehead atoms. The molecule has 5 nitrogen and oxygen atoms in total. The smallest absolute Gasteiger partial charge is 0.242 e. The highest BCUT2D eigenvalue weighted by Crippen LogP contribution is 2.23. The normalized spacial score (nSPS) is 11.5. The molecular weight excluding hydrogens is 356 g/mol. The van der Waals surface area contributed by atoms with Crippen LogP contribution in [0.5, 0.6) is 0 Å². The molecule has 0 aliphatic carbocycles. The summed E-state index contributed by atoms with van der Waals surface area (Å²) in [6.07, 6.45) is 0. The standard InChI is InChI=1S/C14H15BrN2O3S/c15-12-4-5-13(16)14(7-12)21(19,20)17-8-10-2-1-3-11(6-10)9-18/h1-7,17-18H,8-9,16H2. The molecule has 0 spiro atoms. The van der Waals surface area contributed by atoms with Crippen molar-refractivity contribution in [2.45, 2.75) is 18.0 Å². The molecule has 7 heteroatoms. The summed E-state index contributed by atoms with van der Waals surface area (Å²) in [6, 6.07) is 11.7. The van der Waals surface area contributed by atoms with Crippen LogP contribution in [0, 0.1) is 0 Å². The Labute approximate surface area is 132 Å². The molecule has 112 valence electrons. The molecule has 21 heavy (non-hydrogen) atoms. The van der Waals surface area contributed by atoms with E-state index in [2.05, 4.69) is 20.7 Å². The van der Waals surface area contributed by atoms with Crippen LogP contribution in [0.15, 0.2) is 51.8 Å². The fraction of sp³-hybridized carbons (Fsp3) is 0.143. The van der Waals surface area contributed by atoms with Gasteiger partial charge in [-0.25, -0.2) is 13.1 Å². The Morgan fingerprint density at radius 3 is 2.57 bits per heavy atom. The van der Waals surface area contributed by atoms with Crippen LogP contribution in [0.2, 0.25) is 0 Å². The topological polar surface area (TPSA) is 92.4 Å². The molecule has 0 amide bonds. The van der Waals surface area contributed by atoms with Crippen LogP contribution >= 0.6 is 15.9 Å². The average Bonchev–Trinajstić information content (AvgIpc) is 2.48. The van der Waals surface area contributed by atoms with Crippen LogP contribution in [0.4, 0.5) is 5.69 Å². The molecule has 4 N–H and O–H groups in total. The van der Waals surface area contributed by atoms with Crippen molar-refractivity contribution in [2.24, 2.45) is 0 Å². The number of rotatable bonds is 5. The lowest BCUT2D eigenvalue weighted by atomic mass is 10.1. The Balaban J connectivity index is 2.19. The molecule has 0 atom stereocenters. The van der Waals surface area contributed by atoms with E-state index < -0.39 is 10.0 Å². The summed E-state index contributed by atoms with van der Waals surface area (Å²) in [4.78, 5) is 0.0372. The third kappa shape index (κ3) is 4.04. The highest BCUT2D eigenvalue weighted by Gasteiger charge is 2.17. The number of nitrogens with one attached hydrogen (secondary N) is 1. The van der Waals surface area contributed by atoms with E-state index >= 15 is 0 Å². The highest BCUT2D eigenvalue weighted by atomic mass is 79.9. The van der Waals surface area contributed by atoms with Crippen LogP contribution < -0.4 is 10.5 Å². The summed E-state index contributed by atoms with van der Waals surface area (Å²) < 4.78 is 27.7. The zero-order valence-corrected chi connectivity index (χ0v) is 13.5. The van der Waals surface area contributed by atoms with Gasteiger partial charge in [0.25, 0.3) is 0 Å². The van der Waals surface area contributed by atoms with Gasteiger partial charge in [0.05, 0.1) is 12.3 Å². The van der Waals surface area contributed by atoms with Gasteiger partial charge >= 0.3 is 0 Å². The number of nitrogen functional groups attached to an aromatic ring is 1. The third-order valence-electron chi connectivity index (χ3n) is 2.91. The Hall–Kier alpha value is -1.41. The lowest BCUT2D eigenvalue weighted by Crippen LogP contribution is -2.24. The molecule has 0 saturated carbocycles. The molecule has 2 aromatic carbocycles. The van der Waals surface area contributed by atoms with Gasteiger partial charge in [0, 0.05) is 11.0 Å². The predicted octanol–water partition coefficient (Wildman–Crippen LogP) is 2.00. The van der Waals surface area contributed by atoms with Gasteiger partial charge in [-0.15, -0.1) is 0 Å². The summed E-state index contributed by atoms with van der Waals surface area (Å²) in [5, 5.41) is 9.07. The predicted molar refractivity (Wildman–Crippen MR) is 84.9 cm³/mol. The molecular formula is C14H15BrN2O3S. The van der Waals surface area contributed by atoms with E-state index in [1.165, 1.54) is 12.1 Å². The van der Waals surface area contributed by atoms with Gasteiger partial charge in [-0.3, -0.25) is 0 Å². The Kier molecular flexibility index (Phi) is 5.00. The Morgan fingerprint density at radius 2 is 1.86 bits per heavy atom.